The Hall–Kier alpha value is -2.70. The van der Waals surface area contributed by atoms with E-state index in [4.69, 9.17) is 16.0 Å². The minimum Gasteiger partial charge on any atom is -0.445 e. The maximum atomic E-state index is 12.9. The van der Waals surface area contributed by atoms with E-state index >= 15 is 0 Å². The van der Waals surface area contributed by atoms with Crippen LogP contribution in [0.2, 0.25) is 5.02 Å². The van der Waals surface area contributed by atoms with E-state index in [0.717, 1.165) is 41.3 Å². The summed E-state index contributed by atoms with van der Waals surface area (Å²) in [5.41, 5.74) is 2.11. The predicted octanol–water partition coefficient (Wildman–Crippen LogP) is 4.15. The normalized spacial score (nSPS) is 16.6. The summed E-state index contributed by atoms with van der Waals surface area (Å²) in [7, 11) is 1.96. The number of hydrogen-bond acceptors (Lipinski definition) is 5. The Bertz CT molecular complexity index is 1010. The molecular formula is C24H27ClN4O2. The van der Waals surface area contributed by atoms with Crippen LogP contribution < -0.4 is 0 Å². The third-order valence-corrected chi connectivity index (χ3v) is 5.97. The average Bonchev–Trinajstić information content (AvgIpc) is 3.25. The molecule has 1 fully saturated rings. The quantitative estimate of drug-likeness (QED) is 0.554. The van der Waals surface area contributed by atoms with E-state index in [0.29, 0.717) is 31.9 Å². The second-order valence-corrected chi connectivity index (χ2v) is 8.55. The Morgan fingerprint density at radius 2 is 2.13 bits per heavy atom. The molecule has 0 bridgehead atoms. The van der Waals surface area contributed by atoms with Crippen LogP contribution in [0.5, 0.6) is 0 Å². The first-order valence-electron chi connectivity index (χ1n) is 10.6. The van der Waals surface area contributed by atoms with Crippen molar-refractivity contribution in [3.8, 4) is 0 Å². The molecule has 7 heteroatoms. The molecule has 4 rings (SSSR count). The smallest absolute Gasteiger partial charge is 0.236 e. The van der Waals surface area contributed by atoms with Gasteiger partial charge in [0.1, 0.15) is 5.76 Å². The molecule has 0 N–H and O–H groups in total. The van der Waals surface area contributed by atoms with Crippen LogP contribution in [0.3, 0.4) is 0 Å². The Morgan fingerprint density at radius 3 is 2.94 bits per heavy atom. The van der Waals surface area contributed by atoms with Gasteiger partial charge in [-0.3, -0.25) is 14.7 Å². The number of oxazole rings is 1. The molecule has 0 aliphatic carbocycles. The van der Waals surface area contributed by atoms with Gasteiger partial charge in [-0.05, 0) is 43.1 Å². The van der Waals surface area contributed by atoms with Crippen molar-refractivity contribution >= 4 is 17.5 Å². The first kappa shape index (κ1) is 21.5. The summed E-state index contributed by atoms with van der Waals surface area (Å²) in [6.07, 6.45) is 7.90. The van der Waals surface area contributed by atoms with Gasteiger partial charge in [0.25, 0.3) is 0 Å². The van der Waals surface area contributed by atoms with Crippen LogP contribution in [0.1, 0.15) is 41.5 Å². The number of carbonyl (C=O) groups excluding carboxylic acids is 1. The number of carbonyl (C=O) groups is 1. The molecule has 31 heavy (non-hydrogen) atoms. The third-order valence-electron chi connectivity index (χ3n) is 5.60. The fraction of sp³-hybridized carbons (Fsp3) is 0.375. The highest BCUT2D eigenvalue weighted by Gasteiger charge is 2.28. The fourth-order valence-electron chi connectivity index (χ4n) is 4.02. The molecule has 1 aromatic carbocycles. The standard InChI is InChI=1S/C24H27ClN4O2/c1-28(15-18-6-4-10-26-13-18)17-23(30)29-11-5-8-20(16-29)24-27-14-21(31-24)12-19-7-2-3-9-22(19)25/h2-4,6-7,9-10,13-14,20H,5,8,11-12,15-17H2,1H3. The summed E-state index contributed by atoms with van der Waals surface area (Å²) < 4.78 is 6.05. The lowest BCUT2D eigenvalue weighted by Gasteiger charge is -2.32. The molecule has 1 aliphatic rings. The topological polar surface area (TPSA) is 62.5 Å². The van der Waals surface area contributed by atoms with E-state index in [-0.39, 0.29) is 11.8 Å². The first-order chi connectivity index (χ1) is 15.1. The zero-order valence-electron chi connectivity index (χ0n) is 17.7. The summed E-state index contributed by atoms with van der Waals surface area (Å²) >= 11 is 6.26. The summed E-state index contributed by atoms with van der Waals surface area (Å²) in [5.74, 6) is 1.77. The highest BCUT2D eigenvalue weighted by Crippen LogP contribution is 2.28. The molecule has 6 nitrogen and oxygen atoms in total. The van der Waals surface area contributed by atoms with E-state index in [9.17, 15) is 4.79 Å². The summed E-state index contributed by atoms with van der Waals surface area (Å²) in [4.78, 5) is 25.5. The number of piperidine rings is 1. The Kier molecular flexibility index (Phi) is 6.99. The largest absolute Gasteiger partial charge is 0.445 e. The van der Waals surface area contributed by atoms with Crippen molar-refractivity contribution in [2.75, 3.05) is 26.7 Å². The number of likely N-dealkylation sites (N-methyl/N-ethyl adjacent to an activating group) is 1. The van der Waals surface area contributed by atoms with Crippen LogP contribution in [0.4, 0.5) is 0 Å². The van der Waals surface area contributed by atoms with Gasteiger partial charge in [0, 0.05) is 43.5 Å². The molecule has 3 heterocycles. The molecule has 1 amide bonds. The molecular weight excluding hydrogens is 412 g/mol. The third kappa shape index (κ3) is 5.71. The van der Waals surface area contributed by atoms with E-state index in [2.05, 4.69) is 9.97 Å². The average molecular weight is 439 g/mol. The molecule has 1 atom stereocenters. The number of pyridine rings is 1. The molecule has 1 saturated heterocycles. The number of rotatable bonds is 7. The summed E-state index contributed by atoms with van der Waals surface area (Å²) in [5, 5.41) is 0.727. The lowest BCUT2D eigenvalue weighted by Crippen LogP contribution is -2.43. The number of nitrogens with zero attached hydrogens (tertiary/aromatic N) is 4. The van der Waals surface area contributed by atoms with Gasteiger partial charge in [-0.1, -0.05) is 35.9 Å². The van der Waals surface area contributed by atoms with Crippen LogP contribution in [-0.2, 0) is 17.8 Å². The van der Waals surface area contributed by atoms with Gasteiger partial charge in [0.15, 0.2) is 5.89 Å². The van der Waals surface area contributed by atoms with Crippen LogP contribution >= 0.6 is 11.6 Å². The molecule has 3 aromatic rings. The second kappa shape index (κ2) is 10.1. The lowest BCUT2D eigenvalue weighted by atomic mass is 9.98. The van der Waals surface area contributed by atoms with Crippen LogP contribution in [0.15, 0.2) is 59.4 Å². The van der Waals surface area contributed by atoms with Crippen molar-refractivity contribution in [2.45, 2.75) is 31.7 Å². The Labute approximate surface area is 187 Å². The number of benzene rings is 1. The monoisotopic (exact) mass is 438 g/mol. The maximum Gasteiger partial charge on any atom is 0.236 e. The second-order valence-electron chi connectivity index (χ2n) is 8.15. The zero-order valence-corrected chi connectivity index (χ0v) is 18.5. The molecule has 0 radical (unpaired) electrons. The van der Waals surface area contributed by atoms with Gasteiger partial charge < -0.3 is 9.32 Å². The minimum atomic E-state index is 0.126. The van der Waals surface area contributed by atoms with Crippen molar-refractivity contribution in [1.82, 2.24) is 19.8 Å². The van der Waals surface area contributed by atoms with Crippen molar-refractivity contribution < 1.29 is 9.21 Å². The SMILES string of the molecule is CN(CC(=O)N1CCCC(c2ncc(Cc3ccccc3Cl)o2)C1)Cc1cccnc1. The van der Waals surface area contributed by atoms with Crippen molar-refractivity contribution in [3.63, 3.8) is 0 Å². The zero-order chi connectivity index (χ0) is 21.6. The van der Waals surface area contributed by atoms with Crippen molar-refractivity contribution in [3.05, 3.63) is 82.8 Å². The first-order valence-corrected chi connectivity index (χ1v) is 11.0. The van der Waals surface area contributed by atoms with Crippen molar-refractivity contribution in [2.24, 2.45) is 0 Å². The molecule has 1 unspecified atom stereocenters. The van der Waals surface area contributed by atoms with Gasteiger partial charge in [-0.15, -0.1) is 0 Å². The lowest BCUT2D eigenvalue weighted by molar-refractivity contribution is -0.133. The molecule has 162 valence electrons. The Balaban J connectivity index is 1.33. The molecule has 1 aliphatic heterocycles. The Morgan fingerprint density at radius 1 is 1.26 bits per heavy atom. The van der Waals surface area contributed by atoms with Crippen molar-refractivity contribution in [1.29, 1.82) is 0 Å². The minimum absolute atomic E-state index is 0.126. The number of likely N-dealkylation sites (tertiary alicyclic amines) is 1. The molecule has 0 spiro atoms. The highest BCUT2D eigenvalue weighted by atomic mass is 35.5. The van der Waals surface area contributed by atoms with Gasteiger partial charge in [0.05, 0.1) is 18.7 Å². The maximum absolute atomic E-state index is 12.9. The predicted molar refractivity (Wildman–Crippen MR) is 120 cm³/mol. The molecule has 0 saturated carbocycles. The fourth-order valence-corrected chi connectivity index (χ4v) is 4.22. The van der Waals surface area contributed by atoms with Crippen LogP contribution in [0.25, 0.3) is 0 Å². The van der Waals surface area contributed by atoms with Gasteiger partial charge in [0.2, 0.25) is 5.91 Å². The van der Waals surface area contributed by atoms with E-state index in [1.807, 2.05) is 59.4 Å². The van der Waals surface area contributed by atoms with E-state index in [1.54, 1.807) is 12.4 Å². The number of aromatic nitrogens is 2. The summed E-state index contributed by atoms with van der Waals surface area (Å²) in [6.45, 7) is 2.50. The van der Waals surface area contributed by atoms with Crippen LogP contribution in [0, 0.1) is 0 Å². The summed E-state index contributed by atoms with van der Waals surface area (Å²) in [6, 6.07) is 11.7. The van der Waals surface area contributed by atoms with Gasteiger partial charge in [-0.2, -0.15) is 0 Å². The van der Waals surface area contributed by atoms with E-state index in [1.165, 1.54) is 0 Å². The number of amides is 1. The van der Waals surface area contributed by atoms with Crippen LogP contribution in [-0.4, -0.2) is 52.4 Å². The van der Waals surface area contributed by atoms with Gasteiger partial charge in [-0.25, -0.2) is 4.98 Å². The number of hydrogen-bond donors (Lipinski definition) is 0. The molecule has 2 aromatic heterocycles. The van der Waals surface area contributed by atoms with Gasteiger partial charge >= 0.3 is 0 Å². The van der Waals surface area contributed by atoms with E-state index < -0.39 is 0 Å². The number of halogens is 1. The highest BCUT2D eigenvalue weighted by molar-refractivity contribution is 6.31.